The number of fused-ring (bicyclic) bond motifs is 1. The van der Waals surface area contributed by atoms with E-state index in [-0.39, 0.29) is 18.0 Å². The van der Waals surface area contributed by atoms with Crippen molar-refractivity contribution in [3.05, 3.63) is 47.7 Å². The molecule has 2 aromatic rings. The third-order valence-corrected chi connectivity index (χ3v) is 4.92. The van der Waals surface area contributed by atoms with Crippen LogP contribution in [0.1, 0.15) is 18.0 Å². The summed E-state index contributed by atoms with van der Waals surface area (Å²) in [4.78, 5) is 10.8. The lowest BCUT2D eigenvalue weighted by atomic mass is 9.85. The maximum absolute atomic E-state index is 14.2. The van der Waals surface area contributed by atoms with E-state index in [9.17, 15) is 8.78 Å². The molecular formula is C17H19F2N5O. The van der Waals surface area contributed by atoms with Crippen LogP contribution in [0.3, 0.4) is 0 Å². The molecule has 2 N–H and O–H groups in total. The van der Waals surface area contributed by atoms with Gasteiger partial charge in [-0.2, -0.15) is 4.98 Å². The number of nitrogens with zero attached hydrogens (tertiary/aromatic N) is 3. The van der Waals surface area contributed by atoms with Gasteiger partial charge < -0.3 is 9.64 Å². The number of halogens is 2. The summed E-state index contributed by atoms with van der Waals surface area (Å²) in [5, 5.41) is 0. The fourth-order valence-corrected chi connectivity index (χ4v) is 3.64. The van der Waals surface area contributed by atoms with Crippen molar-refractivity contribution < 1.29 is 13.5 Å². The van der Waals surface area contributed by atoms with Crippen molar-refractivity contribution in [2.75, 3.05) is 25.1 Å². The summed E-state index contributed by atoms with van der Waals surface area (Å²) in [6.07, 6.45) is 2.53. The molecule has 0 saturated carbocycles. The molecule has 3 atom stereocenters. The minimum Gasteiger partial charge on any atom is -0.481 e. The van der Waals surface area contributed by atoms with Crippen LogP contribution in [0.2, 0.25) is 0 Å². The van der Waals surface area contributed by atoms with Gasteiger partial charge in [-0.25, -0.2) is 19.2 Å². The molecule has 0 bridgehead atoms. The van der Waals surface area contributed by atoms with Crippen molar-refractivity contribution in [1.29, 1.82) is 0 Å². The smallest absolute Gasteiger partial charge is 0.228 e. The Morgan fingerprint density at radius 3 is 2.92 bits per heavy atom. The first-order chi connectivity index (χ1) is 12.2. The Balaban J connectivity index is 1.58. The zero-order valence-corrected chi connectivity index (χ0v) is 13.7. The maximum Gasteiger partial charge on any atom is 0.228 e. The van der Waals surface area contributed by atoms with E-state index in [0.717, 1.165) is 19.0 Å². The molecule has 6 nitrogen and oxygen atoms in total. The van der Waals surface area contributed by atoms with E-state index >= 15 is 0 Å². The highest BCUT2D eigenvalue weighted by Gasteiger charge is 2.42. The van der Waals surface area contributed by atoms with E-state index < -0.39 is 11.6 Å². The number of hydrogen-bond acceptors (Lipinski definition) is 6. The van der Waals surface area contributed by atoms with Gasteiger partial charge in [-0.05, 0) is 12.5 Å². The molecule has 3 heterocycles. The molecule has 0 spiro atoms. The number of anilines is 1. The van der Waals surface area contributed by atoms with Crippen LogP contribution in [0.4, 0.5) is 14.7 Å². The molecule has 1 aromatic carbocycles. The fourth-order valence-electron chi connectivity index (χ4n) is 3.64. The van der Waals surface area contributed by atoms with Crippen LogP contribution < -0.4 is 20.5 Å². The van der Waals surface area contributed by atoms with Crippen molar-refractivity contribution in [3.8, 4) is 5.88 Å². The summed E-state index contributed by atoms with van der Waals surface area (Å²) in [5.41, 5.74) is 6.87. The first-order valence-corrected chi connectivity index (χ1v) is 8.23. The largest absolute Gasteiger partial charge is 0.481 e. The average molecular weight is 347 g/mol. The standard InChI is InChI=1S/C17H19F2N5O/c1-25-15-4-6-20-17(21-15)24-7-5-14-12(9-24)16(23-22-14)11-3-2-10(18)8-13(11)19/h2-4,6,8,12,14,16,22-23H,5,7,9H2,1H3. The summed E-state index contributed by atoms with van der Waals surface area (Å²) in [6.45, 7) is 1.46. The van der Waals surface area contributed by atoms with Gasteiger partial charge in [0.1, 0.15) is 11.6 Å². The molecule has 8 heteroatoms. The second-order valence-corrected chi connectivity index (χ2v) is 6.34. The third kappa shape index (κ3) is 3.03. The molecule has 0 aliphatic carbocycles. The molecule has 2 aliphatic heterocycles. The second-order valence-electron chi connectivity index (χ2n) is 6.34. The summed E-state index contributed by atoms with van der Waals surface area (Å²) < 4.78 is 32.6. The molecular weight excluding hydrogens is 328 g/mol. The lowest BCUT2D eigenvalue weighted by Crippen LogP contribution is -2.46. The zero-order chi connectivity index (χ0) is 17.4. The zero-order valence-electron chi connectivity index (χ0n) is 13.7. The summed E-state index contributed by atoms with van der Waals surface area (Å²) >= 11 is 0. The first kappa shape index (κ1) is 16.2. The Morgan fingerprint density at radius 2 is 2.12 bits per heavy atom. The highest BCUT2D eigenvalue weighted by Crippen LogP contribution is 2.35. The van der Waals surface area contributed by atoms with Crippen LogP contribution >= 0.6 is 0 Å². The van der Waals surface area contributed by atoms with E-state index in [2.05, 4.69) is 25.7 Å². The van der Waals surface area contributed by atoms with Crippen LogP contribution in [-0.2, 0) is 0 Å². The number of hydrogen-bond donors (Lipinski definition) is 2. The first-order valence-electron chi connectivity index (χ1n) is 8.23. The lowest BCUT2D eigenvalue weighted by Gasteiger charge is -2.36. The van der Waals surface area contributed by atoms with Crippen molar-refractivity contribution in [3.63, 3.8) is 0 Å². The molecule has 3 unspecified atom stereocenters. The number of rotatable bonds is 3. The molecule has 2 aliphatic rings. The number of hydrazine groups is 1. The number of nitrogens with one attached hydrogen (secondary N) is 2. The van der Waals surface area contributed by atoms with Crippen LogP contribution in [0, 0.1) is 17.6 Å². The van der Waals surface area contributed by atoms with E-state index in [4.69, 9.17) is 4.74 Å². The molecule has 2 saturated heterocycles. The minimum absolute atomic E-state index is 0.114. The topological polar surface area (TPSA) is 62.3 Å². The summed E-state index contributed by atoms with van der Waals surface area (Å²) in [5.74, 6) is 0.121. The number of methoxy groups -OCH3 is 1. The Kier molecular flexibility index (Phi) is 4.22. The van der Waals surface area contributed by atoms with E-state index in [1.165, 1.54) is 12.1 Å². The molecule has 25 heavy (non-hydrogen) atoms. The summed E-state index contributed by atoms with van der Waals surface area (Å²) in [6, 6.07) is 5.41. The Bertz CT molecular complexity index is 774. The maximum atomic E-state index is 14.2. The monoisotopic (exact) mass is 347 g/mol. The van der Waals surface area contributed by atoms with Gasteiger partial charge in [0, 0.05) is 48.9 Å². The lowest BCUT2D eigenvalue weighted by molar-refractivity contribution is 0.347. The van der Waals surface area contributed by atoms with Gasteiger partial charge in [-0.3, -0.25) is 5.43 Å². The Morgan fingerprint density at radius 1 is 1.24 bits per heavy atom. The van der Waals surface area contributed by atoms with Gasteiger partial charge in [0.05, 0.1) is 13.2 Å². The molecule has 132 valence electrons. The quantitative estimate of drug-likeness (QED) is 0.883. The highest BCUT2D eigenvalue weighted by atomic mass is 19.1. The van der Waals surface area contributed by atoms with Crippen LogP contribution in [0.15, 0.2) is 30.5 Å². The SMILES string of the molecule is COc1ccnc(N2CCC3NNC(c4ccc(F)cc4F)C3C2)n1. The predicted octanol–water partition coefficient (Wildman–Crippen LogP) is 1.81. The van der Waals surface area contributed by atoms with Gasteiger partial charge >= 0.3 is 0 Å². The normalized spacial score (nSPS) is 25.7. The molecule has 4 rings (SSSR count). The summed E-state index contributed by atoms with van der Waals surface area (Å²) in [7, 11) is 1.57. The van der Waals surface area contributed by atoms with Crippen molar-refractivity contribution >= 4 is 5.95 Å². The third-order valence-electron chi connectivity index (χ3n) is 4.92. The van der Waals surface area contributed by atoms with Crippen LogP contribution in [-0.4, -0.2) is 36.2 Å². The molecule has 0 radical (unpaired) electrons. The molecule has 2 fully saturated rings. The van der Waals surface area contributed by atoms with Gasteiger partial charge in [-0.1, -0.05) is 6.07 Å². The van der Waals surface area contributed by atoms with E-state index in [1.54, 1.807) is 19.4 Å². The van der Waals surface area contributed by atoms with Gasteiger partial charge in [0.15, 0.2) is 0 Å². The number of ether oxygens (including phenoxy) is 1. The van der Waals surface area contributed by atoms with Crippen molar-refractivity contribution in [2.45, 2.75) is 18.5 Å². The van der Waals surface area contributed by atoms with Crippen LogP contribution in [0.5, 0.6) is 5.88 Å². The Labute approximate surface area is 144 Å². The fraction of sp³-hybridized carbons (Fsp3) is 0.412. The highest BCUT2D eigenvalue weighted by molar-refractivity contribution is 5.35. The van der Waals surface area contributed by atoms with Gasteiger partial charge in [-0.15, -0.1) is 0 Å². The Hall–Kier alpha value is -2.32. The van der Waals surface area contributed by atoms with E-state index in [0.29, 0.717) is 23.9 Å². The van der Waals surface area contributed by atoms with Crippen LogP contribution in [0.25, 0.3) is 0 Å². The van der Waals surface area contributed by atoms with Gasteiger partial charge in [0.2, 0.25) is 11.8 Å². The van der Waals surface area contributed by atoms with Gasteiger partial charge in [0.25, 0.3) is 0 Å². The average Bonchev–Trinajstić information content (AvgIpc) is 3.05. The number of benzene rings is 1. The van der Waals surface area contributed by atoms with Crippen molar-refractivity contribution in [2.24, 2.45) is 5.92 Å². The number of piperidine rings is 1. The minimum atomic E-state index is -0.571. The predicted molar refractivity (Wildman–Crippen MR) is 88.1 cm³/mol. The van der Waals surface area contributed by atoms with E-state index in [1.807, 2.05) is 0 Å². The molecule has 0 amide bonds. The number of aromatic nitrogens is 2. The molecule has 1 aromatic heterocycles. The van der Waals surface area contributed by atoms with Crippen molar-refractivity contribution in [1.82, 2.24) is 20.8 Å². The second kappa shape index (κ2) is 6.53.